The Bertz CT molecular complexity index is 697. The predicted octanol–water partition coefficient (Wildman–Crippen LogP) is 4.53. The molecular weight excluding hydrogens is 264 g/mol. The van der Waals surface area contributed by atoms with Gasteiger partial charge in [0.25, 0.3) is 0 Å². The Labute approximate surface area is 122 Å². The quantitative estimate of drug-likeness (QED) is 0.520. The van der Waals surface area contributed by atoms with Gasteiger partial charge in [-0.05, 0) is 11.8 Å². The van der Waals surface area contributed by atoms with Crippen LogP contribution in [0, 0.1) is 0 Å². The van der Waals surface area contributed by atoms with Gasteiger partial charge in [-0.25, -0.2) is 9.97 Å². The van der Waals surface area contributed by atoms with Crippen molar-refractivity contribution in [3.8, 4) is 22.4 Å². The first-order valence-electron chi connectivity index (χ1n) is 6.40. The van der Waals surface area contributed by atoms with E-state index in [1.165, 1.54) is 0 Å². The Kier molecular flexibility index (Phi) is 3.79. The highest BCUT2D eigenvalue weighted by atomic mass is 32.2. The Morgan fingerprint density at radius 2 is 1.35 bits per heavy atom. The lowest BCUT2D eigenvalue weighted by atomic mass is 10.0. The molecule has 1 aromatic heterocycles. The number of rotatable bonds is 3. The maximum absolute atomic E-state index is 4.51. The van der Waals surface area contributed by atoms with Gasteiger partial charge in [0.05, 0.1) is 5.69 Å². The third-order valence-corrected chi connectivity index (χ3v) is 3.81. The first kappa shape index (κ1) is 12.9. The topological polar surface area (TPSA) is 25.8 Å². The van der Waals surface area contributed by atoms with Gasteiger partial charge in [0.2, 0.25) is 0 Å². The van der Waals surface area contributed by atoms with Crippen LogP contribution in [-0.2, 0) is 0 Å². The summed E-state index contributed by atoms with van der Waals surface area (Å²) >= 11 is 1.65. The molecule has 0 radical (unpaired) electrons. The van der Waals surface area contributed by atoms with E-state index in [2.05, 4.69) is 34.2 Å². The van der Waals surface area contributed by atoms with Crippen LogP contribution in [0.25, 0.3) is 22.4 Å². The van der Waals surface area contributed by atoms with Gasteiger partial charge in [-0.3, -0.25) is 0 Å². The van der Waals surface area contributed by atoms with Crippen molar-refractivity contribution in [1.82, 2.24) is 9.97 Å². The van der Waals surface area contributed by atoms with Crippen LogP contribution in [0.4, 0.5) is 0 Å². The van der Waals surface area contributed by atoms with Crippen LogP contribution in [0.3, 0.4) is 0 Å². The molecule has 98 valence electrons. The number of aromatic nitrogens is 2. The largest absolute Gasteiger partial charge is 0.236 e. The fourth-order valence-corrected chi connectivity index (χ4v) is 2.78. The monoisotopic (exact) mass is 278 g/mol. The zero-order valence-electron chi connectivity index (χ0n) is 11.2. The van der Waals surface area contributed by atoms with E-state index < -0.39 is 0 Å². The van der Waals surface area contributed by atoms with Crippen LogP contribution < -0.4 is 0 Å². The minimum atomic E-state index is 0.983. The maximum atomic E-state index is 4.51. The van der Waals surface area contributed by atoms with Crippen LogP contribution in [0.2, 0.25) is 0 Å². The average Bonchev–Trinajstić information content (AvgIpc) is 2.55. The Morgan fingerprint density at radius 3 is 1.95 bits per heavy atom. The third-order valence-electron chi connectivity index (χ3n) is 3.12. The zero-order valence-corrected chi connectivity index (χ0v) is 12.0. The molecule has 0 atom stereocenters. The highest BCUT2D eigenvalue weighted by Crippen LogP contribution is 2.35. The van der Waals surface area contributed by atoms with Crippen LogP contribution in [0.5, 0.6) is 0 Å². The average molecular weight is 278 g/mol. The maximum Gasteiger partial charge on any atom is 0.117 e. The van der Waals surface area contributed by atoms with Gasteiger partial charge in [0, 0.05) is 11.1 Å². The van der Waals surface area contributed by atoms with E-state index in [4.69, 9.17) is 0 Å². The second-order valence-corrected chi connectivity index (χ2v) is 5.13. The second kappa shape index (κ2) is 5.88. The standard InChI is InChI=1S/C17H14N2S/c1-20-17-15(13-8-4-2-5-9-13)16(18-12-19-17)14-10-6-3-7-11-14/h2-12H,1H3. The summed E-state index contributed by atoms with van der Waals surface area (Å²) in [6.07, 6.45) is 3.68. The molecule has 0 unspecified atom stereocenters. The molecule has 0 spiro atoms. The number of hydrogen-bond donors (Lipinski definition) is 0. The van der Waals surface area contributed by atoms with Crippen molar-refractivity contribution in [1.29, 1.82) is 0 Å². The summed E-state index contributed by atoms with van der Waals surface area (Å²) in [5.74, 6) is 0. The van der Waals surface area contributed by atoms with Crippen LogP contribution >= 0.6 is 11.8 Å². The summed E-state index contributed by atoms with van der Waals surface area (Å²) in [6, 6.07) is 20.6. The SMILES string of the molecule is CSc1ncnc(-c2ccccc2)c1-c1ccccc1. The van der Waals surface area contributed by atoms with Gasteiger partial charge >= 0.3 is 0 Å². The molecule has 2 aromatic carbocycles. The van der Waals surface area contributed by atoms with Crippen molar-refractivity contribution in [2.75, 3.05) is 6.26 Å². The molecule has 0 aliphatic carbocycles. The second-order valence-electron chi connectivity index (χ2n) is 4.34. The van der Waals surface area contributed by atoms with Crippen molar-refractivity contribution in [2.24, 2.45) is 0 Å². The molecule has 0 aliphatic heterocycles. The summed E-state index contributed by atoms with van der Waals surface area (Å²) in [6.45, 7) is 0. The molecule has 3 heteroatoms. The van der Waals surface area contributed by atoms with Crippen LogP contribution in [-0.4, -0.2) is 16.2 Å². The first-order chi connectivity index (χ1) is 9.90. The van der Waals surface area contributed by atoms with E-state index in [0.29, 0.717) is 0 Å². The van der Waals surface area contributed by atoms with Crippen molar-refractivity contribution in [3.63, 3.8) is 0 Å². The number of nitrogens with zero attached hydrogens (tertiary/aromatic N) is 2. The lowest BCUT2D eigenvalue weighted by Gasteiger charge is -2.12. The van der Waals surface area contributed by atoms with Gasteiger partial charge in [-0.15, -0.1) is 11.8 Å². The fourth-order valence-electron chi connectivity index (χ4n) is 2.20. The van der Waals surface area contributed by atoms with Crippen molar-refractivity contribution < 1.29 is 0 Å². The molecular formula is C17H14N2S. The normalized spacial score (nSPS) is 10.4. The van der Waals surface area contributed by atoms with Gasteiger partial charge in [-0.1, -0.05) is 60.7 Å². The van der Waals surface area contributed by atoms with Crippen molar-refractivity contribution in [2.45, 2.75) is 5.03 Å². The Balaban J connectivity index is 2.26. The molecule has 0 saturated heterocycles. The van der Waals surface area contributed by atoms with Gasteiger partial charge < -0.3 is 0 Å². The highest BCUT2D eigenvalue weighted by Gasteiger charge is 2.14. The molecule has 3 rings (SSSR count). The van der Waals surface area contributed by atoms with Gasteiger partial charge in [0.15, 0.2) is 0 Å². The molecule has 1 heterocycles. The number of benzene rings is 2. The first-order valence-corrected chi connectivity index (χ1v) is 7.62. The minimum Gasteiger partial charge on any atom is -0.236 e. The Morgan fingerprint density at radius 1 is 0.750 bits per heavy atom. The number of thioether (sulfide) groups is 1. The van der Waals surface area contributed by atoms with E-state index in [1.54, 1.807) is 18.1 Å². The van der Waals surface area contributed by atoms with E-state index in [0.717, 1.165) is 27.4 Å². The molecule has 0 bridgehead atoms. The van der Waals surface area contributed by atoms with Crippen molar-refractivity contribution >= 4 is 11.8 Å². The fraction of sp³-hybridized carbons (Fsp3) is 0.0588. The van der Waals surface area contributed by atoms with E-state index in [1.807, 2.05) is 42.7 Å². The summed E-state index contributed by atoms with van der Waals surface area (Å²) in [5, 5.41) is 1.00. The summed E-state index contributed by atoms with van der Waals surface area (Å²) in [5.41, 5.74) is 4.35. The summed E-state index contributed by atoms with van der Waals surface area (Å²) in [4.78, 5) is 8.92. The molecule has 2 nitrogen and oxygen atoms in total. The predicted molar refractivity (Wildman–Crippen MR) is 84.7 cm³/mol. The third kappa shape index (κ3) is 2.45. The van der Waals surface area contributed by atoms with Crippen molar-refractivity contribution in [3.05, 3.63) is 67.0 Å². The van der Waals surface area contributed by atoms with Crippen LogP contribution in [0.15, 0.2) is 72.0 Å². The summed E-state index contributed by atoms with van der Waals surface area (Å²) in [7, 11) is 0. The lowest BCUT2D eigenvalue weighted by molar-refractivity contribution is 1.06. The van der Waals surface area contributed by atoms with Crippen LogP contribution in [0.1, 0.15) is 0 Å². The molecule has 3 aromatic rings. The van der Waals surface area contributed by atoms with Gasteiger partial charge in [0.1, 0.15) is 11.4 Å². The molecule has 20 heavy (non-hydrogen) atoms. The number of hydrogen-bond acceptors (Lipinski definition) is 3. The van der Waals surface area contributed by atoms with E-state index in [-0.39, 0.29) is 0 Å². The lowest BCUT2D eigenvalue weighted by Crippen LogP contribution is -1.94. The van der Waals surface area contributed by atoms with E-state index >= 15 is 0 Å². The smallest absolute Gasteiger partial charge is 0.117 e. The Hall–Kier alpha value is -2.13. The molecule has 0 aliphatic rings. The molecule has 0 fully saturated rings. The molecule has 0 N–H and O–H groups in total. The summed E-state index contributed by atoms with van der Waals surface area (Å²) < 4.78 is 0. The molecule has 0 saturated carbocycles. The van der Waals surface area contributed by atoms with Gasteiger partial charge in [-0.2, -0.15) is 0 Å². The van der Waals surface area contributed by atoms with E-state index in [9.17, 15) is 0 Å². The zero-order chi connectivity index (χ0) is 13.8. The minimum absolute atomic E-state index is 0.983. The highest BCUT2D eigenvalue weighted by molar-refractivity contribution is 7.98. The molecule has 0 amide bonds.